The Bertz CT molecular complexity index is 369. The summed E-state index contributed by atoms with van der Waals surface area (Å²) in [6.07, 6.45) is 3.46. The van der Waals surface area contributed by atoms with Crippen LogP contribution in [0.4, 0.5) is 5.69 Å². The molecule has 0 spiro atoms. The van der Waals surface area contributed by atoms with Crippen molar-refractivity contribution in [2.75, 3.05) is 12.4 Å². The summed E-state index contributed by atoms with van der Waals surface area (Å²) in [4.78, 5) is 4.13. The predicted octanol–water partition coefficient (Wildman–Crippen LogP) is 1.98. The van der Waals surface area contributed by atoms with E-state index in [2.05, 4.69) is 10.3 Å². The van der Waals surface area contributed by atoms with Crippen LogP contribution in [0.25, 0.3) is 0 Å². The lowest BCUT2D eigenvalue weighted by Crippen LogP contribution is -2.04. The highest BCUT2D eigenvalue weighted by Crippen LogP contribution is 2.18. The van der Waals surface area contributed by atoms with Crippen molar-refractivity contribution in [2.45, 2.75) is 0 Å². The number of benzene rings is 1. The summed E-state index contributed by atoms with van der Waals surface area (Å²) < 4.78 is 5.16. The number of nitrogens with zero attached hydrogens (tertiary/aromatic N) is 1. The van der Waals surface area contributed by atoms with Crippen molar-refractivity contribution in [1.82, 2.24) is 0 Å². The number of aliphatic imine (C=N–C) groups is 1. The Hall–Kier alpha value is -1.77. The molecule has 66 valence electrons. The molecule has 1 aromatic carbocycles. The van der Waals surface area contributed by atoms with Gasteiger partial charge in [0.05, 0.1) is 18.4 Å². The first-order valence-electron chi connectivity index (χ1n) is 4.04. The lowest BCUT2D eigenvalue weighted by atomic mass is 10.2. The van der Waals surface area contributed by atoms with Gasteiger partial charge in [-0.25, -0.2) is 4.99 Å². The number of hydrogen-bond donors (Lipinski definition) is 1. The zero-order chi connectivity index (χ0) is 9.10. The molecule has 0 aliphatic carbocycles. The van der Waals surface area contributed by atoms with Gasteiger partial charge in [0, 0.05) is 12.4 Å². The Balaban J connectivity index is 2.53. The summed E-state index contributed by atoms with van der Waals surface area (Å²) in [6.45, 7) is 0. The van der Waals surface area contributed by atoms with Gasteiger partial charge in [0.25, 0.3) is 0 Å². The van der Waals surface area contributed by atoms with E-state index in [0.717, 1.165) is 11.3 Å². The molecule has 1 aliphatic rings. The van der Waals surface area contributed by atoms with E-state index in [9.17, 15) is 0 Å². The molecule has 0 saturated heterocycles. The highest BCUT2D eigenvalue weighted by atomic mass is 16.5. The minimum Gasteiger partial charge on any atom is -0.481 e. The molecule has 13 heavy (non-hydrogen) atoms. The van der Waals surface area contributed by atoms with Crippen LogP contribution in [0.1, 0.15) is 5.56 Å². The third-order valence-corrected chi connectivity index (χ3v) is 1.86. The van der Waals surface area contributed by atoms with Gasteiger partial charge in [0.15, 0.2) is 0 Å². The van der Waals surface area contributed by atoms with Gasteiger partial charge in [0.2, 0.25) is 5.90 Å². The molecular formula is C10H10N2O. The molecule has 0 bridgehead atoms. The molecule has 0 aromatic heterocycles. The van der Waals surface area contributed by atoms with Crippen LogP contribution in [0.3, 0.4) is 0 Å². The van der Waals surface area contributed by atoms with E-state index in [1.165, 1.54) is 0 Å². The van der Waals surface area contributed by atoms with E-state index >= 15 is 0 Å². The first kappa shape index (κ1) is 7.86. The number of nitrogens with one attached hydrogen (secondary N) is 1. The average Bonchev–Trinajstić information content (AvgIpc) is 2.39. The highest BCUT2D eigenvalue weighted by molar-refractivity contribution is 6.00. The van der Waals surface area contributed by atoms with Gasteiger partial charge in [-0.2, -0.15) is 0 Å². The van der Waals surface area contributed by atoms with Crippen molar-refractivity contribution in [3.05, 3.63) is 42.2 Å². The molecule has 3 nitrogen and oxygen atoms in total. The third kappa shape index (κ3) is 1.40. The number of para-hydroxylation sites is 1. The number of anilines is 1. The topological polar surface area (TPSA) is 33.6 Å². The first-order chi connectivity index (χ1) is 6.42. The second kappa shape index (κ2) is 3.31. The quantitative estimate of drug-likeness (QED) is 0.652. The molecule has 0 saturated carbocycles. The molecule has 0 atom stereocenters. The minimum absolute atomic E-state index is 0.636. The van der Waals surface area contributed by atoms with Gasteiger partial charge in [-0.1, -0.05) is 12.1 Å². The van der Waals surface area contributed by atoms with Gasteiger partial charge < -0.3 is 10.1 Å². The van der Waals surface area contributed by atoms with Gasteiger partial charge in [-0.15, -0.1) is 0 Å². The van der Waals surface area contributed by atoms with Crippen LogP contribution in [0.15, 0.2) is 41.7 Å². The molecule has 0 unspecified atom stereocenters. The monoisotopic (exact) mass is 174 g/mol. The third-order valence-electron chi connectivity index (χ3n) is 1.86. The standard InChI is InChI=1S/C10H10N2O/c1-13-10-8-4-2-3-5-9(8)11-6-7-12-10/h2-7,11H,1H3. The first-order valence-corrected chi connectivity index (χ1v) is 4.04. The summed E-state index contributed by atoms with van der Waals surface area (Å²) in [7, 11) is 1.62. The van der Waals surface area contributed by atoms with Crippen LogP contribution < -0.4 is 5.32 Å². The Labute approximate surface area is 76.8 Å². The SMILES string of the molecule is COC1=NC=CNc2ccccc21. The minimum atomic E-state index is 0.636. The zero-order valence-electron chi connectivity index (χ0n) is 7.32. The number of ether oxygens (including phenoxy) is 1. The summed E-state index contributed by atoms with van der Waals surface area (Å²) in [5, 5.41) is 3.11. The highest BCUT2D eigenvalue weighted by Gasteiger charge is 2.08. The van der Waals surface area contributed by atoms with E-state index in [0.29, 0.717) is 5.90 Å². The van der Waals surface area contributed by atoms with Gasteiger partial charge in [-0.3, -0.25) is 0 Å². The second-order valence-electron chi connectivity index (χ2n) is 2.64. The maximum absolute atomic E-state index is 5.16. The summed E-state index contributed by atoms with van der Waals surface area (Å²) in [5.74, 6) is 0.636. The molecule has 0 radical (unpaired) electrons. The van der Waals surface area contributed by atoms with Gasteiger partial charge in [0.1, 0.15) is 0 Å². The summed E-state index contributed by atoms with van der Waals surface area (Å²) in [6, 6.07) is 7.88. The van der Waals surface area contributed by atoms with Crippen LogP contribution in [-0.2, 0) is 4.74 Å². The smallest absolute Gasteiger partial charge is 0.222 e. The largest absolute Gasteiger partial charge is 0.481 e. The Morgan fingerprint density at radius 2 is 2.15 bits per heavy atom. The van der Waals surface area contributed by atoms with Crippen LogP contribution >= 0.6 is 0 Å². The van der Waals surface area contributed by atoms with Crippen LogP contribution in [0.5, 0.6) is 0 Å². The van der Waals surface area contributed by atoms with Crippen molar-refractivity contribution >= 4 is 11.6 Å². The summed E-state index contributed by atoms with van der Waals surface area (Å²) >= 11 is 0. The van der Waals surface area contributed by atoms with E-state index < -0.39 is 0 Å². The van der Waals surface area contributed by atoms with Crippen molar-refractivity contribution in [3.63, 3.8) is 0 Å². The lowest BCUT2D eigenvalue weighted by Gasteiger charge is -2.07. The normalized spacial score (nSPS) is 13.8. The van der Waals surface area contributed by atoms with Crippen molar-refractivity contribution in [1.29, 1.82) is 0 Å². The Kier molecular flexibility index (Phi) is 2.00. The van der Waals surface area contributed by atoms with Crippen LogP contribution in [0.2, 0.25) is 0 Å². The van der Waals surface area contributed by atoms with Gasteiger partial charge in [-0.05, 0) is 12.1 Å². The average molecular weight is 174 g/mol. The Morgan fingerprint density at radius 1 is 1.31 bits per heavy atom. The number of methoxy groups -OCH3 is 1. The van der Waals surface area contributed by atoms with Crippen molar-refractivity contribution in [2.24, 2.45) is 4.99 Å². The molecule has 1 heterocycles. The molecule has 3 heteroatoms. The molecule has 1 N–H and O–H groups in total. The maximum atomic E-state index is 5.16. The van der Waals surface area contributed by atoms with E-state index in [-0.39, 0.29) is 0 Å². The predicted molar refractivity (Wildman–Crippen MR) is 52.8 cm³/mol. The van der Waals surface area contributed by atoms with Crippen LogP contribution in [0, 0.1) is 0 Å². The van der Waals surface area contributed by atoms with Crippen molar-refractivity contribution < 1.29 is 4.74 Å². The number of rotatable bonds is 0. The molecule has 1 aliphatic heterocycles. The van der Waals surface area contributed by atoms with Crippen LogP contribution in [-0.4, -0.2) is 13.0 Å². The molecule has 2 rings (SSSR count). The summed E-state index contributed by atoms with van der Waals surface area (Å²) in [5.41, 5.74) is 1.99. The zero-order valence-corrected chi connectivity index (χ0v) is 7.32. The molecule has 0 fully saturated rings. The second-order valence-corrected chi connectivity index (χ2v) is 2.64. The molecule has 1 aromatic rings. The Morgan fingerprint density at radius 3 is 3.00 bits per heavy atom. The fourth-order valence-electron chi connectivity index (χ4n) is 1.26. The van der Waals surface area contributed by atoms with E-state index in [1.807, 2.05) is 24.3 Å². The molecule has 0 amide bonds. The fourth-order valence-corrected chi connectivity index (χ4v) is 1.26. The van der Waals surface area contributed by atoms with Crippen molar-refractivity contribution in [3.8, 4) is 0 Å². The lowest BCUT2D eigenvalue weighted by molar-refractivity contribution is 0.405. The van der Waals surface area contributed by atoms with Gasteiger partial charge >= 0.3 is 0 Å². The van der Waals surface area contributed by atoms with E-state index in [1.54, 1.807) is 19.5 Å². The number of hydrogen-bond acceptors (Lipinski definition) is 3. The van der Waals surface area contributed by atoms with E-state index in [4.69, 9.17) is 4.74 Å². The fraction of sp³-hybridized carbons (Fsp3) is 0.100. The number of fused-ring (bicyclic) bond motifs is 1. The maximum Gasteiger partial charge on any atom is 0.222 e. The molecular weight excluding hydrogens is 164 g/mol.